The monoisotopic (exact) mass is 430 g/mol. The molecular weight excluding hydrogens is 431 g/mol. The van der Waals surface area contributed by atoms with E-state index in [0.29, 0.717) is 0 Å². The number of aromatic nitrogens is 2. The maximum absolute atomic E-state index is 10.9. The van der Waals surface area contributed by atoms with Gasteiger partial charge >= 0.3 is 116 Å². The molecule has 0 atom stereocenters. The summed E-state index contributed by atoms with van der Waals surface area (Å²) in [4.78, 5) is 20.1. The number of nitro groups is 2. The van der Waals surface area contributed by atoms with Gasteiger partial charge in [-0.2, -0.15) is 0 Å². The van der Waals surface area contributed by atoms with Gasteiger partial charge in [0, 0.05) is 0 Å². The molecule has 1 aromatic heterocycles. The van der Waals surface area contributed by atoms with E-state index in [4.69, 9.17) is 0 Å². The van der Waals surface area contributed by atoms with Crippen LogP contribution in [0.2, 0.25) is 0 Å². The number of nitro benzene ring substituents is 2. The molecule has 0 aliphatic rings. The minimum atomic E-state index is -0.811. The first-order chi connectivity index (χ1) is 7.95. The molecule has 88 valence electrons. The molecule has 8 nitrogen and oxygen atoms in total. The Morgan fingerprint density at radius 3 is 1.59 bits per heavy atom. The third-order valence-electron chi connectivity index (χ3n) is 1.91. The van der Waals surface area contributed by atoms with Crippen molar-refractivity contribution in [3.63, 3.8) is 0 Å². The van der Waals surface area contributed by atoms with Crippen LogP contribution in [0.1, 0.15) is 0 Å². The van der Waals surface area contributed by atoms with E-state index in [1.807, 2.05) is 0 Å². The van der Waals surface area contributed by atoms with Gasteiger partial charge in [0.1, 0.15) is 0 Å². The number of halogens is 2. The van der Waals surface area contributed by atoms with E-state index >= 15 is 0 Å². The second-order valence-electron chi connectivity index (χ2n) is 2.80. The Morgan fingerprint density at radius 1 is 0.941 bits per heavy atom. The van der Waals surface area contributed by atoms with E-state index in [1.165, 1.54) is 0 Å². The van der Waals surface area contributed by atoms with Crippen molar-refractivity contribution in [2.75, 3.05) is 0 Å². The van der Waals surface area contributed by atoms with E-state index in [2.05, 4.69) is 39.8 Å². The summed E-state index contributed by atoms with van der Waals surface area (Å²) < 4.78 is 7.98. The SMILES string of the molecule is O=[N+]([O-])c1c([N+](=O)[O-])c(Br)c2n[se]nc2c1Br. The van der Waals surface area contributed by atoms with Crippen molar-refractivity contribution >= 4 is 69.2 Å². The molecular formula is C6Br2N4O4Se. The van der Waals surface area contributed by atoms with Gasteiger partial charge in [0.25, 0.3) is 0 Å². The van der Waals surface area contributed by atoms with Crippen molar-refractivity contribution in [1.29, 1.82) is 0 Å². The average Bonchev–Trinajstić information content (AvgIpc) is 2.70. The number of rotatable bonds is 2. The minimum absolute atomic E-state index is 0.00414. The fourth-order valence-corrected chi connectivity index (χ4v) is 4.16. The van der Waals surface area contributed by atoms with Crippen LogP contribution in [0.3, 0.4) is 0 Å². The Kier molecular flexibility index (Phi) is 3.25. The van der Waals surface area contributed by atoms with E-state index in [0.717, 1.165) is 0 Å². The van der Waals surface area contributed by atoms with Crippen LogP contribution in [-0.2, 0) is 0 Å². The van der Waals surface area contributed by atoms with Crippen LogP contribution in [0, 0.1) is 20.2 Å². The molecule has 0 saturated carbocycles. The first-order valence-corrected chi connectivity index (χ1v) is 6.99. The van der Waals surface area contributed by atoms with Gasteiger partial charge in [-0.25, -0.2) is 0 Å². The number of fused-ring (bicyclic) bond motifs is 1. The standard InChI is InChI=1S/C6Br2N4O4Se/c7-1-3-4(10-17-9-3)2(8)6(12(15)16)5(1)11(13)14. The Balaban J connectivity index is 3.03. The fraction of sp³-hybridized carbons (Fsp3) is 0. The third kappa shape index (κ3) is 1.88. The van der Waals surface area contributed by atoms with Crippen molar-refractivity contribution < 1.29 is 9.85 Å². The van der Waals surface area contributed by atoms with Gasteiger partial charge in [-0.1, -0.05) is 0 Å². The van der Waals surface area contributed by atoms with Gasteiger partial charge < -0.3 is 0 Å². The molecule has 11 heteroatoms. The van der Waals surface area contributed by atoms with Crippen LogP contribution in [0.5, 0.6) is 0 Å². The molecule has 1 heterocycles. The fourth-order valence-electron chi connectivity index (χ4n) is 1.24. The Hall–Kier alpha value is -0.901. The van der Waals surface area contributed by atoms with E-state index in [9.17, 15) is 20.2 Å². The zero-order valence-corrected chi connectivity index (χ0v) is 12.5. The van der Waals surface area contributed by atoms with Crippen LogP contribution in [0.4, 0.5) is 11.4 Å². The van der Waals surface area contributed by atoms with Crippen LogP contribution >= 0.6 is 31.9 Å². The summed E-state index contributed by atoms with van der Waals surface area (Å²) in [5.41, 5.74) is -0.655. The molecule has 0 bridgehead atoms. The molecule has 0 amide bonds. The molecule has 0 aliphatic heterocycles. The number of hydrogen-bond donors (Lipinski definition) is 0. The predicted octanol–water partition coefficient (Wildman–Crippen LogP) is 2.03. The number of nitrogens with zero attached hydrogens (tertiary/aromatic N) is 4. The quantitative estimate of drug-likeness (QED) is 0.409. The molecule has 0 fully saturated rings. The number of hydrogen-bond acceptors (Lipinski definition) is 6. The molecule has 0 spiro atoms. The van der Waals surface area contributed by atoms with E-state index in [1.54, 1.807) is 0 Å². The predicted molar refractivity (Wildman–Crippen MR) is 65.2 cm³/mol. The van der Waals surface area contributed by atoms with E-state index in [-0.39, 0.29) is 20.0 Å². The van der Waals surface area contributed by atoms with Crippen molar-refractivity contribution in [2.24, 2.45) is 0 Å². The molecule has 1 aromatic carbocycles. The molecule has 0 radical (unpaired) electrons. The van der Waals surface area contributed by atoms with Gasteiger partial charge in [0.15, 0.2) is 0 Å². The Morgan fingerprint density at radius 2 is 1.29 bits per heavy atom. The zero-order valence-electron chi connectivity index (χ0n) is 7.59. The van der Waals surface area contributed by atoms with Gasteiger partial charge in [0.2, 0.25) is 0 Å². The maximum atomic E-state index is 10.9. The summed E-state index contributed by atoms with van der Waals surface area (Å²) in [6, 6.07) is 0. The zero-order chi connectivity index (χ0) is 12.7. The van der Waals surface area contributed by atoms with Gasteiger partial charge in [-0.15, -0.1) is 0 Å². The molecule has 2 aromatic rings. The van der Waals surface area contributed by atoms with Crippen molar-refractivity contribution in [3.8, 4) is 0 Å². The number of benzene rings is 1. The second kappa shape index (κ2) is 4.41. The summed E-state index contributed by atoms with van der Waals surface area (Å²) in [7, 11) is 0. The normalized spacial score (nSPS) is 10.7. The molecule has 0 saturated heterocycles. The average molecular weight is 431 g/mol. The first-order valence-electron chi connectivity index (χ1n) is 3.87. The summed E-state index contributed by atoms with van der Waals surface area (Å²) in [6.45, 7) is 0. The summed E-state index contributed by atoms with van der Waals surface area (Å²) in [6.07, 6.45) is 0. The van der Waals surface area contributed by atoms with Crippen LogP contribution in [-0.4, -0.2) is 32.8 Å². The van der Waals surface area contributed by atoms with Crippen molar-refractivity contribution in [3.05, 3.63) is 29.2 Å². The molecule has 0 N–H and O–H groups in total. The third-order valence-corrected chi connectivity index (χ3v) is 4.52. The van der Waals surface area contributed by atoms with Crippen molar-refractivity contribution in [1.82, 2.24) is 7.96 Å². The van der Waals surface area contributed by atoms with E-state index < -0.39 is 36.2 Å². The van der Waals surface area contributed by atoms with Crippen LogP contribution in [0.25, 0.3) is 11.0 Å². The Labute approximate surface area is 116 Å². The van der Waals surface area contributed by atoms with Crippen molar-refractivity contribution in [2.45, 2.75) is 0 Å². The molecule has 2 rings (SSSR count). The summed E-state index contributed by atoms with van der Waals surface area (Å²) in [5, 5.41) is 21.8. The molecule has 0 aliphatic carbocycles. The molecule has 17 heavy (non-hydrogen) atoms. The summed E-state index contributed by atoms with van der Waals surface area (Å²) >= 11 is 5.52. The second-order valence-corrected chi connectivity index (χ2v) is 5.50. The topological polar surface area (TPSA) is 112 Å². The summed E-state index contributed by atoms with van der Waals surface area (Å²) in [5.74, 6) is 0. The van der Waals surface area contributed by atoms with Crippen LogP contribution in [0.15, 0.2) is 8.95 Å². The van der Waals surface area contributed by atoms with Gasteiger partial charge in [0.05, 0.1) is 0 Å². The first kappa shape index (κ1) is 12.6. The van der Waals surface area contributed by atoms with Gasteiger partial charge in [-0.05, 0) is 0 Å². The Bertz CT molecular complexity index is 603. The van der Waals surface area contributed by atoms with Gasteiger partial charge in [-0.3, -0.25) is 0 Å². The van der Waals surface area contributed by atoms with Crippen LogP contribution < -0.4 is 0 Å². The molecule has 0 unspecified atom stereocenters.